The van der Waals surface area contributed by atoms with Gasteiger partial charge in [-0.2, -0.15) is 0 Å². The SMILES string of the molecule is CN(C)CCNC(=O)[C@@H](Cc1ccccc1)NC(=O)[C@@H]1CC(c2ccccc2)=NO1. The lowest BCUT2D eigenvalue weighted by Gasteiger charge is -2.20. The van der Waals surface area contributed by atoms with Crippen LogP contribution in [0.5, 0.6) is 0 Å². The highest BCUT2D eigenvalue weighted by Gasteiger charge is 2.32. The van der Waals surface area contributed by atoms with Gasteiger partial charge in [-0.1, -0.05) is 65.8 Å². The number of carbonyl (C=O) groups excluding carboxylic acids is 2. The molecule has 0 fully saturated rings. The van der Waals surface area contributed by atoms with E-state index in [0.29, 0.717) is 19.4 Å². The van der Waals surface area contributed by atoms with Crippen LogP contribution in [0.15, 0.2) is 65.8 Å². The van der Waals surface area contributed by atoms with Crippen LogP contribution in [0.25, 0.3) is 0 Å². The lowest BCUT2D eigenvalue weighted by molar-refractivity contribution is -0.135. The summed E-state index contributed by atoms with van der Waals surface area (Å²) in [6, 6.07) is 18.6. The standard InChI is InChI=1S/C23H28N4O3/c1-27(2)14-13-24-22(28)20(15-17-9-5-3-6-10-17)25-23(29)21-16-19(26-30-21)18-11-7-4-8-12-18/h3-12,20-21H,13-16H2,1-2H3,(H,24,28)(H,25,29)/t20-,21+/m1/s1. The van der Waals surface area contributed by atoms with Crippen molar-refractivity contribution in [3.8, 4) is 0 Å². The van der Waals surface area contributed by atoms with Gasteiger partial charge in [0.1, 0.15) is 6.04 Å². The monoisotopic (exact) mass is 408 g/mol. The largest absolute Gasteiger partial charge is 0.382 e. The van der Waals surface area contributed by atoms with Gasteiger partial charge in [0.15, 0.2) is 0 Å². The van der Waals surface area contributed by atoms with E-state index in [1.165, 1.54) is 0 Å². The number of amides is 2. The van der Waals surface area contributed by atoms with E-state index < -0.39 is 12.1 Å². The molecule has 7 heteroatoms. The smallest absolute Gasteiger partial charge is 0.265 e. The van der Waals surface area contributed by atoms with Crippen molar-refractivity contribution in [3.63, 3.8) is 0 Å². The molecule has 0 aliphatic carbocycles. The summed E-state index contributed by atoms with van der Waals surface area (Å²) in [5.41, 5.74) is 2.62. The molecule has 2 amide bonds. The minimum Gasteiger partial charge on any atom is -0.382 e. The van der Waals surface area contributed by atoms with Crippen molar-refractivity contribution in [1.29, 1.82) is 0 Å². The third-order valence-electron chi connectivity index (χ3n) is 4.84. The lowest BCUT2D eigenvalue weighted by atomic mass is 10.0. The first-order valence-electron chi connectivity index (χ1n) is 10.1. The van der Waals surface area contributed by atoms with Crippen LogP contribution >= 0.6 is 0 Å². The highest BCUT2D eigenvalue weighted by Crippen LogP contribution is 2.17. The summed E-state index contributed by atoms with van der Waals surface area (Å²) in [5, 5.41) is 9.82. The first kappa shape index (κ1) is 21.5. The van der Waals surface area contributed by atoms with Gasteiger partial charge in [-0.15, -0.1) is 0 Å². The van der Waals surface area contributed by atoms with Gasteiger partial charge in [0.2, 0.25) is 12.0 Å². The molecule has 7 nitrogen and oxygen atoms in total. The molecule has 0 saturated heterocycles. The Kier molecular flexibility index (Phi) is 7.57. The van der Waals surface area contributed by atoms with E-state index in [-0.39, 0.29) is 11.8 Å². The maximum atomic E-state index is 12.8. The summed E-state index contributed by atoms with van der Waals surface area (Å²) >= 11 is 0. The number of nitrogens with zero attached hydrogens (tertiary/aromatic N) is 2. The lowest BCUT2D eigenvalue weighted by Crippen LogP contribution is -2.51. The zero-order valence-corrected chi connectivity index (χ0v) is 17.4. The van der Waals surface area contributed by atoms with E-state index in [9.17, 15) is 9.59 Å². The van der Waals surface area contributed by atoms with Crippen molar-refractivity contribution in [2.45, 2.75) is 25.0 Å². The second kappa shape index (κ2) is 10.5. The van der Waals surface area contributed by atoms with Crippen LogP contribution in [0.2, 0.25) is 0 Å². The Morgan fingerprint density at radius 2 is 1.77 bits per heavy atom. The number of hydrogen-bond acceptors (Lipinski definition) is 5. The van der Waals surface area contributed by atoms with Crippen LogP contribution in [0.1, 0.15) is 17.5 Å². The highest BCUT2D eigenvalue weighted by atomic mass is 16.6. The minimum atomic E-state index is -0.743. The van der Waals surface area contributed by atoms with Crippen LogP contribution in [-0.2, 0) is 20.8 Å². The molecule has 1 aliphatic rings. The maximum absolute atomic E-state index is 12.8. The Labute approximate surface area is 177 Å². The van der Waals surface area contributed by atoms with E-state index in [4.69, 9.17) is 4.84 Å². The molecule has 2 atom stereocenters. The molecule has 30 heavy (non-hydrogen) atoms. The maximum Gasteiger partial charge on any atom is 0.265 e. The molecule has 0 bridgehead atoms. The average Bonchev–Trinajstić information content (AvgIpc) is 3.25. The van der Waals surface area contributed by atoms with Crippen LogP contribution < -0.4 is 10.6 Å². The Morgan fingerprint density at radius 3 is 2.43 bits per heavy atom. The van der Waals surface area contributed by atoms with E-state index >= 15 is 0 Å². The molecule has 0 spiro atoms. The van der Waals surface area contributed by atoms with Crippen molar-refractivity contribution in [2.75, 3.05) is 27.2 Å². The number of benzene rings is 2. The first-order valence-corrected chi connectivity index (χ1v) is 10.1. The number of likely N-dealkylation sites (N-methyl/N-ethyl adjacent to an activating group) is 1. The Balaban J connectivity index is 1.62. The first-order chi connectivity index (χ1) is 14.5. The predicted molar refractivity (Wildman–Crippen MR) is 116 cm³/mol. The molecule has 1 heterocycles. The Hall–Kier alpha value is -3.19. The van der Waals surface area contributed by atoms with Gasteiger partial charge in [-0.3, -0.25) is 9.59 Å². The van der Waals surface area contributed by atoms with Crippen LogP contribution in [0.3, 0.4) is 0 Å². The zero-order chi connectivity index (χ0) is 21.3. The van der Waals surface area contributed by atoms with Gasteiger partial charge in [0.25, 0.3) is 5.91 Å². The van der Waals surface area contributed by atoms with Crippen LogP contribution in [0, 0.1) is 0 Å². The molecule has 0 radical (unpaired) electrons. The fourth-order valence-electron chi connectivity index (χ4n) is 3.17. The summed E-state index contributed by atoms with van der Waals surface area (Å²) in [6.45, 7) is 1.23. The van der Waals surface area contributed by atoms with E-state index in [1.807, 2.05) is 79.7 Å². The van der Waals surface area contributed by atoms with Gasteiger partial charge < -0.3 is 20.4 Å². The third kappa shape index (κ3) is 6.15. The molecular formula is C23H28N4O3. The average molecular weight is 409 g/mol. The summed E-state index contributed by atoms with van der Waals surface area (Å²) < 4.78 is 0. The predicted octanol–water partition coefficient (Wildman–Crippen LogP) is 1.58. The van der Waals surface area contributed by atoms with Crippen molar-refractivity contribution < 1.29 is 14.4 Å². The normalized spacial score (nSPS) is 16.5. The van der Waals surface area contributed by atoms with Crippen molar-refractivity contribution in [2.24, 2.45) is 5.16 Å². The molecule has 2 N–H and O–H groups in total. The molecule has 2 aromatic rings. The summed E-state index contributed by atoms with van der Waals surface area (Å²) in [6.07, 6.45) is 0.0309. The van der Waals surface area contributed by atoms with E-state index in [2.05, 4.69) is 15.8 Å². The van der Waals surface area contributed by atoms with Crippen LogP contribution in [-0.4, -0.2) is 61.8 Å². The molecule has 0 saturated carbocycles. The molecule has 2 aromatic carbocycles. The topological polar surface area (TPSA) is 83.0 Å². The fraction of sp³-hybridized carbons (Fsp3) is 0.348. The number of oxime groups is 1. The summed E-state index contributed by atoms with van der Waals surface area (Å²) in [7, 11) is 3.88. The molecular weight excluding hydrogens is 380 g/mol. The quantitative estimate of drug-likeness (QED) is 0.660. The van der Waals surface area contributed by atoms with Crippen molar-refractivity contribution in [3.05, 3.63) is 71.8 Å². The van der Waals surface area contributed by atoms with Gasteiger partial charge in [0, 0.05) is 25.9 Å². The third-order valence-corrected chi connectivity index (χ3v) is 4.84. The number of nitrogens with one attached hydrogen (secondary N) is 2. The second-order valence-corrected chi connectivity index (χ2v) is 7.55. The highest BCUT2D eigenvalue weighted by molar-refractivity contribution is 6.04. The zero-order valence-electron chi connectivity index (χ0n) is 17.4. The Morgan fingerprint density at radius 1 is 1.10 bits per heavy atom. The van der Waals surface area contributed by atoms with E-state index in [0.717, 1.165) is 23.4 Å². The van der Waals surface area contributed by atoms with Gasteiger partial charge in [0.05, 0.1) is 5.71 Å². The summed E-state index contributed by atoms with van der Waals surface area (Å²) in [4.78, 5) is 32.9. The molecule has 0 unspecified atom stereocenters. The van der Waals surface area contributed by atoms with Gasteiger partial charge in [-0.25, -0.2) is 0 Å². The van der Waals surface area contributed by atoms with Crippen LogP contribution in [0.4, 0.5) is 0 Å². The van der Waals surface area contributed by atoms with Crippen molar-refractivity contribution in [1.82, 2.24) is 15.5 Å². The number of carbonyl (C=O) groups is 2. The minimum absolute atomic E-state index is 0.212. The second-order valence-electron chi connectivity index (χ2n) is 7.55. The van der Waals surface area contributed by atoms with Gasteiger partial charge in [-0.05, 0) is 25.2 Å². The summed E-state index contributed by atoms with van der Waals surface area (Å²) in [5.74, 6) is -0.551. The van der Waals surface area contributed by atoms with Crippen molar-refractivity contribution >= 4 is 17.5 Å². The molecule has 158 valence electrons. The number of hydrogen-bond donors (Lipinski definition) is 2. The fourth-order valence-corrected chi connectivity index (χ4v) is 3.17. The molecule has 3 rings (SSSR count). The molecule has 0 aromatic heterocycles. The molecule has 1 aliphatic heterocycles. The van der Waals surface area contributed by atoms with E-state index in [1.54, 1.807) is 0 Å². The van der Waals surface area contributed by atoms with Gasteiger partial charge >= 0.3 is 0 Å². The Bertz CT molecular complexity index is 869. The number of rotatable bonds is 9.